The Morgan fingerprint density at radius 3 is 1.16 bits per heavy atom. The van der Waals surface area contributed by atoms with Crippen LogP contribution in [0.2, 0.25) is 0 Å². The highest BCUT2D eigenvalue weighted by Gasteiger charge is 2.51. The van der Waals surface area contributed by atoms with E-state index in [-0.39, 0.29) is 34.9 Å². The zero-order valence-electron chi connectivity index (χ0n) is 46.9. The molecule has 0 aromatic heterocycles. The summed E-state index contributed by atoms with van der Waals surface area (Å²) in [6.07, 6.45) is 19.8. The second-order valence-electron chi connectivity index (χ2n) is 25.0. The SMILES string of the molecule is CCOC(=O)C1(C)CCC(N2CC3(CCN(Cc4cc(C5CC5)c(OC)cc4CC)CC3)CC2=O)CC1.CCOC(=O)C1(C)CCC(N2CC3(CCN(Cc4cc(C5CC5)c(OC)cc4CC)CC3)CC2=O)CC1. The molecule has 2 aromatic rings. The van der Waals surface area contributed by atoms with E-state index in [4.69, 9.17) is 18.9 Å². The highest BCUT2D eigenvalue weighted by Crippen LogP contribution is 2.50. The van der Waals surface area contributed by atoms with Crippen LogP contribution in [0.3, 0.4) is 0 Å². The van der Waals surface area contributed by atoms with Crippen LogP contribution in [-0.4, -0.2) is 122 Å². The number of rotatable bonds is 16. The molecule has 8 fully saturated rings. The van der Waals surface area contributed by atoms with E-state index in [1.807, 2.05) is 27.7 Å². The summed E-state index contributed by atoms with van der Waals surface area (Å²) in [7, 11) is 3.59. The van der Waals surface area contributed by atoms with Gasteiger partial charge in [-0.15, -0.1) is 0 Å². The molecule has 0 bridgehead atoms. The van der Waals surface area contributed by atoms with Crippen molar-refractivity contribution >= 4 is 23.8 Å². The van der Waals surface area contributed by atoms with Crippen molar-refractivity contribution in [2.24, 2.45) is 21.7 Å². The zero-order chi connectivity index (χ0) is 52.4. The van der Waals surface area contributed by atoms with Crippen LogP contribution in [0.25, 0.3) is 0 Å². The number of methoxy groups -OCH3 is 2. The van der Waals surface area contributed by atoms with E-state index in [0.717, 1.165) is 154 Å². The second-order valence-corrected chi connectivity index (χ2v) is 25.0. The number of ether oxygens (including phenoxy) is 4. The van der Waals surface area contributed by atoms with Gasteiger partial charge in [0.25, 0.3) is 0 Å². The van der Waals surface area contributed by atoms with Crippen molar-refractivity contribution in [1.29, 1.82) is 0 Å². The molecule has 8 aliphatic rings. The van der Waals surface area contributed by atoms with Crippen LogP contribution in [0.5, 0.6) is 11.5 Å². The maximum absolute atomic E-state index is 13.2. The summed E-state index contributed by atoms with van der Waals surface area (Å²) in [5, 5.41) is 0. The van der Waals surface area contributed by atoms with Crippen LogP contribution in [-0.2, 0) is 54.6 Å². The summed E-state index contributed by atoms with van der Waals surface area (Å²) in [5.41, 5.74) is 7.97. The Morgan fingerprint density at radius 2 is 0.865 bits per heavy atom. The maximum atomic E-state index is 13.2. The van der Waals surface area contributed by atoms with E-state index < -0.39 is 10.8 Å². The zero-order valence-corrected chi connectivity index (χ0v) is 46.9. The molecule has 4 saturated heterocycles. The van der Waals surface area contributed by atoms with Gasteiger partial charge in [-0.2, -0.15) is 0 Å². The molecule has 4 heterocycles. The Morgan fingerprint density at radius 1 is 0.514 bits per heavy atom. The molecule has 2 aromatic carbocycles. The molecular formula is C62H92N4O8. The van der Waals surface area contributed by atoms with Gasteiger partial charge < -0.3 is 28.7 Å². The smallest absolute Gasteiger partial charge is 0.311 e. The van der Waals surface area contributed by atoms with Crippen LogP contribution in [0.1, 0.15) is 202 Å². The quantitative estimate of drug-likeness (QED) is 0.150. The van der Waals surface area contributed by atoms with E-state index in [2.05, 4.69) is 57.7 Å². The first-order chi connectivity index (χ1) is 35.6. The molecule has 12 nitrogen and oxygen atoms in total. The predicted molar refractivity (Wildman–Crippen MR) is 289 cm³/mol. The number of benzene rings is 2. The molecular weight excluding hydrogens is 929 g/mol. The first-order valence-electron chi connectivity index (χ1n) is 29.4. The van der Waals surface area contributed by atoms with E-state index in [1.165, 1.54) is 59.1 Å². The van der Waals surface area contributed by atoms with Gasteiger partial charge in [0.2, 0.25) is 11.8 Å². The third-order valence-electron chi connectivity index (χ3n) is 19.8. The lowest BCUT2D eigenvalue weighted by molar-refractivity contribution is -0.158. The number of hydrogen-bond acceptors (Lipinski definition) is 10. The predicted octanol–water partition coefficient (Wildman–Crippen LogP) is 10.9. The van der Waals surface area contributed by atoms with Gasteiger partial charge in [-0.05, 0) is 238 Å². The average Bonchev–Trinajstić information content (AvgIpc) is 4.36. The average molecular weight is 1020 g/mol. The standard InChI is InChI=1S/2C31H46N2O4/c2*1-5-22-18-27(36-4)26(23-7-8-23)17-24(22)20-32-15-13-31(14-16-32)19-28(34)33(21-31)25-9-11-30(3,12-10-25)29(35)37-6-2/h2*17-18,23,25H,5-16,19-21H2,1-4H3. The molecule has 2 amide bonds. The van der Waals surface area contributed by atoms with Crippen molar-refractivity contribution < 1.29 is 38.1 Å². The summed E-state index contributed by atoms with van der Waals surface area (Å²) in [5.74, 6) is 4.00. The molecule has 4 aliphatic heterocycles. The van der Waals surface area contributed by atoms with E-state index >= 15 is 0 Å². The fraction of sp³-hybridized carbons (Fsp3) is 0.742. The number of likely N-dealkylation sites (tertiary alicyclic amines) is 4. The summed E-state index contributed by atoms with van der Waals surface area (Å²) in [6.45, 7) is 21.1. The monoisotopic (exact) mass is 1020 g/mol. The van der Waals surface area contributed by atoms with Gasteiger partial charge in [0.05, 0.1) is 38.3 Å². The number of amides is 2. The van der Waals surface area contributed by atoms with Crippen molar-refractivity contribution in [3.05, 3.63) is 57.6 Å². The minimum atomic E-state index is -0.392. The lowest BCUT2D eigenvalue weighted by Gasteiger charge is -2.42. The van der Waals surface area contributed by atoms with Gasteiger partial charge in [-0.25, -0.2) is 0 Å². The molecule has 0 unspecified atom stereocenters. The normalized spacial score (nSPS) is 28.1. The number of piperidine rings is 2. The molecule has 10 rings (SSSR count). The minimum Gasteiger partial charge on any atom is -0.496 e. The minimum absolute atomic E-state index is 0.0719. The molecule has 408 valence electrons. The van der Waals surface area contributed by atoms with Gasteiger partial charge in [-0.1, -0.05) is 26.0 Å². The highest BCUT2D eigenvalue weighted by atomic mass is 16.5. The first-order valence-corrected chi connectivity index (χ1v) is 29.4. The molecule has 4 aliphatic carbocycles. The molecule has 0 atom stereocenters. The Labute approximate surface area is 444 Å². The van der Waals surface area contributed by atoms with Crippen LogP contribution in [0.15, 0.2) is 24.3 Å². The Hall–Kier alpha value is -4.16. The largest absolute Gasteiger partial charge is 0.496 e. The Kier molecular flexibility index (Phi) is 16.8. The van der Waals surface area contributed by atoms with Crippen LogP contribution in [0, 0.1) is 21.7 Å². The van der Waals surface area contributed by atoms with E-state index in [9.17, 15) is 19.2 Å². The summed E-state index contributed by atoms with van der Waals surface area (Å²) < 4.78 is 22.1. The fourth-order valence-corrected chi connectivity index (χ4v) is 14.3. The lowest BCUT2D eigenvalue weighted by atomic mass is 9.73. The molecule has 74 heavy (non-hydrogen) atoms. The topological polar surface area (TPSA) is 118 Å². The van der Waals surface area contributed by atoms with Gasteiger partial charge in [0.15, 0.2) is 0 Å². The molecule has 2 spiro atoms. The summed E-state index contributed by atoms with van der Waals surface area (Å²) in [6, 6.07) is 9.96. The highest BCUT2D eigenvalue weighted by molar-refractivity contribution is 5.81. The third kappa shape index (κ3) is 11.9. The Balaban J connectivity index is 0.000000182. The second kappa shape index (κ2) is 22.8. The van der Waals surface area contributed by atoms with Gasteiger partial charge in [0.1, 0.15) is 11.5 Å². The summed E-state index contributed by atoms with van der Waals surface area (Å²) >= 11 is 0. The fourth-order valence-electron chi connectivity index (χ4n) is 14.3. The van der Waals surface area contributed by atoms with Crippen molar-refractivity contribution in [3.63, 3.8) is 0 Å². The van der Waals surface area contributed by atoms with Gasteiger partial charge in [-0.3, -0.25) is 29.0 Å². The number of aryl methyl sites for hydroxylation is 2. The van der Waals surface area contributed by atoms with Crippen molar-refractivity contribution in [2.45, 2.75) is 207 Å². The molecule has 0 radical (unpaired) electrons. The van der Waals surface area contributed by atoms with E-state index in [1.54, 1.807) is 14.2 Å². The molecule has 12 heteroatoms. The third-order valence-corrected chi connectivity index (χ3v) is 19.8. The first kappa shape index (κ1) is 54.6. The maximum Gasteiger partial charge on any atom is 0.311 e. The van der Waals surface area contributed by atoms with Crippen molar-refractivity contribution in [3.8, 4) is 11.5 Å². The lowest BCUT2D eigenvalue weighted by Crippen LogP contribution is -2.45. The van der Waals surface area contributed by atoms with Gasteiger partial charge >= 0.3 is 11.9 Å². The van der Waals surface area contributed by atoms with Crippen LogP contribution >= 0.6 is 0 Å². The van der Waals surface area contributed by atoms with E-state index in [0.29, 0.717) is 49.7 Å². The van der Waals surface area contributed by atoms with Gasteiger partial charge in [0, 0.05) is 51.1 Å². The number of carbonyl (C=O) groups is 4. The van der Waals surface area contributed by atoms with Crippen LogP contribution < -0.4 is 9.47 Å². The Bertz CT molecular complexity index is 2160. The molecule has 4 saturated carbocycles. The number of hydrogen-bond donors (Lipinski definition) is 0. The van der Waals surface area contributed by atoms with Crippen molar-refractivity contribution in [1.82, 2.24) is 19.6 Å². The number of nitrogens with zero attached hydrogens (tertiary/aromatic N) is 4. The summed E-state index contributed by atoms with van der Waals surface area (Å²) in [4.78, 5) is 60.8. The number of carbonyl (C=O) groups excluding carboxylic acids is 4. The van der Waals surface area contributed by atoms with Crippen molar-refractivity contribution in [2.75, 3.05) is 66.7 Å². The van der Waals surface area contributed by atoms with Crippen LogP contribution in [0.4, 0.5) is 0 Å². The number of esters is 2. The molecule has 0 N–H and O–H groups in total.